The highest BCUT2D eigenvalue weighted by molar-refractivity contribution is 7.89. The summed E-state index contributed by atoms with van der Waals surface area (Å²) in [4.78, 5) is 25.7. The minimum Gasteiger partial charge on any atom is -0.467 e. The van der Waals surface area contributed by atoms with E-state index in [0.717, 1.165) is 5.56 Å². The van der Waals surface area contributed by atoms with Crippen molar-refractivity contribution in [2.75, 3.05) is 19.7 Å². The van der Waals surface area contributed by atoms with Crippen LogP contribution in [-0.4, -0.2) is 55.0 Å². The molecule has 0 fully saturated rings. The van der Waals surface area contributed by atoms with Crippen molar-refractivity contribution >= 4 is 39.2 Å². The Morgan fingerprint density at radius 3 is 2.35 bits per heavy atom. The summed E-state index contributed by atoms with van der Waals surface area (Å²) in [5.74, 6) is -0.729. The average Bonchev–Trinajstić information content (AvgIpc) is 3.59. The highest BCUT2D eigenvalue weighted by Crippen LogP contribution is 2.33. The number of ether oxygens (including phenoxy) is 1. The van der Waals surface area contributed by atoms with E-state index in [0.29, 0.717) is 36.0 Å². The third-order valence-corrected chi connectivity index (χ3v) is 8.29. The maximum Gasteiger partial charge on any atom is 0.338 e. The van der Waals surface area contributed by atoms with Crippen molar-refractivity contribution in [2.45, 2.75) is 31.2 Å². The Labute approximate surface area is 220 Å². The minimum absolute atomic E-state index is 0.0752. The van der Waals surface area contributed by atoms with Crippen molar-refractivity contribution in [3.63, 3.8) is 0 Å². The Hall–Kier alpha value is -3.47. The van der Waals surface area contributed by atoms with Gasteiger partial charge in [-0.15, -0.1) is 0 Å². The van der Waals surface area contributed by atoms with Gasteiger partial charge in [0.25, 0.3) is 5.91 Å². The lowest BCUT2D eigenvalue weighted by molar-refractivity contribution is -0.136. The van der Waals surface area contributed by atoms with E-state index in [1.165, 1.54) is 39.8 Å². The molecule has 1 amide bonds. The first-order chi connectivity index (χ1) is 17.7. The molecule has 1 atom stereocenters. The van der Waals surface area contributed by atoms with Crippen molar-refractivity contribution in [1.29, 1.82) is 0 Å². The Bertz CT molecular complexity index is 1380. The molecule has 194 valence electrons. The summed E-state index contributed by atoms with van der Waals surface area (Å²) in [5, 5.41) is 6.33. The van der Waals surface area contributed by atoms with Crippen molar-refractivity contribution in [3.8, 4) is 0 Å². The summed E-state index contributed by atoms with van der Waals surface area (Å²) < 4.78 is 37.4. The number of carbonyl (C=O) groups is 2. The van der Waals surface area contributed by atoms with Crippen LogP contribution in [0.25, 0.3) is 0 Å². The Morgan fingerprint density at radius 1 is 1.08 bits per heavy atom. The molecule has 0 N–H and O–H groups in total. The van der Waals surface area contributed by atoms with Gasteiger partial charge in [-0.3, -0.25) is 4.79 Å². The lowest BCUT2D eigenvalue weighted by Gasteiger charge is -2.20. The molecule has 1 aliphatic rings. The molecule has 1 aromatic heterocycles. The van der Waals surface area contributed by atoms with Crippen LogP contribution in [0, 0.1) is 0 Å². The maximum atomic E-state index is 13.0. The van der Waals surface area contributed by atoms with Gasteiger partial charge < -0.3 is 9.15 Å². The van der Waals surface area contributed by atoms with E-state index in [4.69, 9.17) is 20.8 Å². The van der Waals surface area contributed by atoms with Crippen molar-refractivity contribution in [3.05, 3.63) is 88.8 Å². The number of furan rings is 1. The van der Waals surface area contributed by atoms with Gasteiger partial charge in [-0.1, -0.05) is 37.6 Å². The van der Waals surface area contributed by atoms with Gasteiger partial charge in [0.1, 0.15) is 11.8 Å². The normalized spacial score (nSPS) is 15.6. The highest BCUT2D eigenvalue weighted by Gasteiger charge is 2.35. The van der Waals surface area contributed by atoms with E-state index in [2.05, 4.69) is 5.10 Å². The van der Waals surface area contributed by atoms with E-state index in [9.17, 15) is 18.0 Å². The quantitative estimate of drug-likeness (QED) is 0.368. The average molecular weight is 544 g/mol. The number of esters is 1. The fourth-order valence-electron chi connectivity index (χ4n) is 4.01. The molecule has 9 nitrogen and oxygen atoms in total. The summed E-state index contributed by atoms with van der Waals surface area (Å²) in [6.07, 6.45) is 1.93. The van der Waals surface area contributed by atoms with Crippen LogP contribution in [-0.2, 0) is 19.6 Å². The zero-order valence-corrected chi connectivity index (χ0v) is 21.9. The second kappa shape index (κ2) is 11.3. The summed E-state index contributed by atoms with van der Waals surface area (Å²) in [5.41, 5.74) is 1.61. The molecule has 0 radical (unpaired) electrons. The number of benzene rings is 2. The minimum atomic E-state index is -3.65. The highest BCUT2D eigenvalue weighted by atomic mass is 35.5. The SMILES string of the molecule is CCN(CC)S(=O)(=O)c1ccc(C(=O)OCC(=O)N2N=C(c3ccc(Cl)cc3)CC2c2ccco2)cc1. The molecule has 2 heterocycles. The molecular formula is C26H26ClN3O6S. The number of halogens is 1. The topological polar surface area (TPSA) is 109 Å². The van der Waals surface area contributed by atoms with Gasteiger partial charge in [0.2, 0.25) is 10.0 Å². The first-order valence-electron chi connectivity index (χ1n) is 11.7. The largest absolute Gasteiger partial charge is 0.467 e. The van der Waals surface area contributed by atoms with E-state index in [1.807, 2.05) is 12.1 Å². The number of nitrogens with zero attached hydrogens (tertiary/aromatic N) is 3. The summed E-state index contributed by atoms with van der Waals surface area (Å²) >= 11 is 5.99. The number of carbonyl (C=O) groups excluding carboxylic acids is 2. The number of sulfonamides is 1. The lowest BCUT2D eigenvalue weighted by atomic mass is 10.0. The summed E-state index contributed by atoms with van der Waals surface area (Å²) in [7, 11) is -3.65. The molecule has 1 aliphatic heterocycles. The molecule has 0 aliphatic carbocycles. The molecule has 0 spiro atoms. The first kappa shape index (κ1) is 26.6. The predicted octanol–water partition coefficient (Wildman–Crippen LogP) is 4.50. The zero-order chi connectivity index (χ0) is 26.6. The maximum absolute atomic E-state index is 13.0. The van der Waals surface area contributed by atoms with Crippen LogP contribution >= 0.6 is 11.6 Å². The standard InChI is InChI=1S/C26H26ClN3O6S/c1-3-29(4-2)37(33,34)21-13-9-19(10-14-21)26(32)36-17-25(31)30-23(24-6-5-15-35-24)16-22(28-30)18-7-11-20(27)12-8-18/h5-15,23H,3-4,16-17H2,1-2H3. The monoisotopic (exact) mass is 543 g/mol. The van der Waals surface area contributed by atoms with Crippen molar-refractivity contribution in [2.24, 2.45) is 5.10 Å². The molecule has 4 rings (SSSR count). The Morgan fingerprint density at radius 2 is 1.76 bits per heavy atom. The summed E-state index contributed by atoms with van der Waals surface area (Å²) in [6.45, 7) is 3.63. The molecule has 2 aromatic carbocycles. The second-order valence-corrected chi connectivity index (χ2v) is 10.6. The van der Waals surface area contributed by atoms with Crippen molar-refractivity contribution < 1.29 is 27.2 Å². The van der Waals surface area contributed by atoms with Gasteiger partial charge in [-0.05, 0) is 54.1 Å². The van der Waals surface area contributed by atoms with E-state index in [-0.39, 0.29) is 10.5 Å². The third-order valence-electron chi connectivity index (χ3n) is 5.97. The van der Waals surface area contributed by atoms with Crippen LogP contribution in [0.5, 0.6) is 0 Å². The van der Waals surface area contributed by atoms with Gasteiger partial charge >= 0.3 is 5.97 Å². The van der Waals surface area contributed by atoms with E-state index >= 15 is 0 Å². The third kappa shape index (κ3) is 5.76. The molecule has 0 saturated carbocycles. The molecule has 0 bridgehead atoms. The number of rotatable bonds is 9. The van der Waals surface area contributed by atoms with Crippen LogP contribution in [0.3, 0.4) is 0 Å². The van der Waals surface area contributed by atoms with Gasteiger partial charge in [-0.25, -0.2) is 18.2 Å². The van der Waals surface area contributed by atoms with Crippen molar-refractivity contribution in [1.82, 2.24) is 9.31 Å². The second-order valence-electron chi connectivity index (χ2n) is 8.22. The summed E-state index contributed by atoms with van der Waals surface area (Å²) in [6, 6.07) is 15.5. The van der Waals surface area contributed by atoms with E-state index < -0.39 is 34.5 Å². The molecule has 1 unspecified atom stereocenters. The van der Waals surface area contributed by atoms with Gasteiger partial charge in [0, 0.05) is 24.5 Å². The molecule has 0 saturated heterocycles. The number of hydrazone groups is 1. The van der Waals surface area contributed by atoms with Gasteiger partial charge in [0.15, 0.2) is 6.61 Å². The lowest BCUT2D eigenvalue weighted by Crippen LogP contribution is -2.31. The zero-order valence-electron chi connectivity index (χ0n) is 20.3. The van der Waals surface area contributed by atoms with Gasteiger partial charge in [0.05, 0.1) is 22.4 Å². The molecule has 3 aromatic rings. The first-order valence-corrected chi connectivity index (χ1v) is 13.5. The predicted molar refractivity (Wildman–Crippen MR) is 138 cm³/mol. The Balaban J connectivity index is 1.46. The molecular weight excluding hydrogens is 518 g/mol. The molecule has 11 heteroatoms. The fraction of sp³-hybridized carbons (Fsp3) is 0.269. The smallest absolute Gasteiger partial charge is 0.338 e. The van der Waals surface area contributed by atoms with Crippen LogP contribution in [0.15, 0.2) is 81.3 Å². The van der Waals surface area contributed by atoms with Crippen LogP contribution in [0.4, 0.5) is 0 Å². The Kier molecular flexibility index (Phi) is 8.11. The fourth-order valence-corrected chi connectivity index (χ4v) is 5.60. The van der Waals surface area contributed by atoms with Crippen LogP contribution in [0.1, 0.15) is 48.0 Å². The molecule has 37 heavy (non-hydrogen) atoms. The number of hydrogen-bond donors (Lipinski definition) is 0. The number of hydrogen-bond acceptors (Lipinski definition) is 7. The van der Waals surface area contributed by atoms with E-state index in [1.54, 1.807) is 38.1 Å². The van der Waals surface area contributed by atoms with Crippen LogP contribution < -0.4 is 0 Å². The van der Waals surface area contributed by atoms with Crippen LogP contribution in [0.2, 0.25) is 5.02 Å². The number of amides is 1. The van der Waals surface area contributed by atoms with Gasteiger partial charge in [-0.2, -0.15) is 9.41 Å².